The second kappa shape index (κ2) is 6.11. The Kier molecular flexibility index (Phi) is 4.96. The van der Waals surface area contributed by atoms with E-state index in [-0.39, 0.29) is 12.4 Å². The van der Waals surface area contributed by atoms with Gasteiger partial charge in [0, 0.05) is 25.7 Å². The van der Waals surface area contributed by atoms with E-state index >= 15 is 0 Å². The number of hydrogen-bond donors (Lipinski definition) is 1. The van der Waals surface area contributed by atoms with Gasteiger partial charge in [-0.15, -0.1) is 12.4 Å². The van der Waals surface area contributed by atoms with Crippen molar-refractivity contribution in [3.63, 3.8) is 0 Å². The van der Waals surface area contributed by atoms with E-state index in [1.54, 1.807) is 0 Å². The second-order valence-corrected chi connectivity index (χ2v) is 7.02. The Hall–Kier alpha value is 0.210. The SMILES string of the molecule is CC1CCCC(CN2CC3CCC(N)C3C2)C1.Cl. The highest BCUT2D eigenvalue weighted by Gasteiger charge is 2.41. The van der Waals surface area contributed by atoms with Crippen molar-refractivity contribution in [2.24, 2.45) is 29.4 Å². The molecule has 2 N–H and O–H groups in total. The molecule has 0 bridgehead atoms. The van der Waals surface area contributed by atoms with Crippen LogP contribution in [0.25, 0.3) is 0 Å². The normalized spacial score (nSPS) is 44.7. The average Bonchev–Trinajstić information content (AvgIpc) is 2.82. The van der Waals surface area contributed by atoms with Gasteiger partial charge in [0.25, 0.3) is 0 Å². The van der Waals surface area contributed by atoms with Crippen LogP contribution < -0.4 is 5.73 Å². The number of fused-ring (bicyclic) bond motifs is 1. The molecule has 2 aliphatic carbocycles. The van der Waals surface area contributed by atoms with Gasteiger partial charge >= 0.3 is 0 Å². The Bertz CT molecular complexity index is 271. The van der Waals surface area contributed by atoms with Crippen LogP contribution in [0.5, 0.6) is 0 Å². The highest BCUT2D eigenvalue weighted by Crippen LogP contribution is 2.38. The molecule has 5 atom stereocenters. The van der Waals surface area contributed by atoms with E-state index in [0.29, 0.717) is 6.04 Å². The molecule has 1 saturated heterocycles. The minimum Gasteiger partial charge on any atom is -0.327 e. The Morgan fingerprint density at radius 1 is 1.11 bits per heavy atom. The van der Waals surface area contributed by atoms with Gasteiger partial charge in [-0.25, -0.2) is 0 Å². The first-order valence-electron chi connectivity index (χ1n) is 7.70. The number of likely N-dealkylation sites (tertiary alicyclic amines) is 1. The number of hydrogen-bond acceptors (Lipinski definition) is 2. The van der Waals surface area contributed by atoms with Crippen molar-refractivity contribution in [1.82, 2.24) is 4.90 Å². The van der Waals surface area contributed by atoms with Gasteiger partial charge in [-0.3, -0.25) is 0 Å². The van der Waals surface area contributed by atoms with Gasteiger partial charge in [-0.2, -0.15) is 0 Å². The summed E-state index contributed by atoms with van der Waals surface area (Å²) in [5, 5.41) is 0. The maximum Gasteiger partial charge on any atom is 0.00826 e. The highest BCUT2D eigenvalue weighted by atomic mass is 35.5. The fourth-order valence-corrected chi connectivity index (χ4v) is 4.64. The molecule has 5 unspecified atom stereocenters. The van der Waals surface area contributed by atoms with Crippen molar-refractivity contribution in [2.75, 3.05) is 19.6 Å². The summed E-state index contributed by atoms with van der Waals surface area (Å²) in [7, 11) is 0. The quantitative estimate of drug-likeness (QED) is 0.838. The second-order valence-electron chi connectivity index (χ2n) is 7.02. The number of nitrogens with two attached hydrogens (primary N) is 1. The van der Waals surface area contributed by atoms with E-state index in [2.05, 4.69) is 11.8 Å². The lowest BCUT2D eigenvalue weighted by Crippen LogP contribution is -2.33. The van der Waals surface area contributed by atoms with Crippen molar-refractivity contribution < 1.29 is 0 Å². The summed E-state index contributed by atoms with van der Waals surface area (Å²) in [6.07, 6.45) is 8.55. The van der Waals surface area contributed by atoms with Gasteiger partial charge in [0.1, 0.15) is 0 Å². The zero-order valence-electron chi connectivity index (χ0n) is 11.7. The molecule has 3 rings (SSSR count). The lowest BCUT2D eigenvalue weighted by atomic mass is 9.82. The molecule has 0 radical (unpaired) electrons. The molecule has 0 aromatic rings. The lowest BCUT2D eigenvalue weighted by molar-refractivity contribution is 0.194. The van der Waals surface area contributed by atoms with Gasteiger partial charge in [-0.1, -0.05) is 19.8 Å². The van der Waals surface area contributed by atoms with Crippen LogP contribution >= 0.6 is 12.4 Å². The van der Waals surface area contributed by atoms with Gasteiger partial charge < -0.3 is 10.6 Å². The Labute approximate surface area is 118 Å². The van der Waals surface area contributed by atoms with Gasteiger partial charge in [-0.05, 0) is 49.4 Å². The van der Waals surface area contributed by atoms with E-state index in [1.165, 1.54) is 58.2 Å². The molecule has 3 fully saturated rings. The van der Waals surface area contributed by atoms with E-state index in [4.69, 9.17) is 5.73 Å². The first-order chi connectivity index (χ1) is 8.22. The lowest BCUT2D eigenvalue weighted by Gasteiger charge is -2.30. The molecule has 2 nitrogen and oxygen atoms in total. The molecule has 0 amide bonds. The highest BCUT2D eigenvalue weighted by molar-refractivity contribution is 5.85. The monoisotopic (exact) mass is 272 g/mol. The third-order valence-electron chi connectivity index (χ3n) is 5.55. The molecular formula is C15H29ClN2. The maximum absolute atomic E-state index is 6.21. The summed E-state index contributed by atoms with van der Waals surface area (Å²) < 4.78 is 0. The minimum absolute atomic E-state index is 0. The van der Waals surface area contributed by atoms with Crippen LogP contribution in [0.1, 0.15) is 45.4 Å². The predicted octanol–water partition coefficient (Wildman–Crippen LogP) is 2.90. The summed E-state index contributed by atoms with van der Waals surface area (Å²) >= 11 is 0. The van der Waals surface area contributed by atoms with E-state index in [0.717, 1.165) is 23.7 Å². The van der Waals surface area contributed by atoms with Crippen LogP contribution in [0.4, 0.5) is 0 Å². The fraction of sp³-hybridized carbons (Fsp3) is 1.00. The van der Waals surface area contributed by atoms with Crippen molar-refractivity contribution in [3.8, 4) is 0 Å². The fourth-order valence-electron chi connectivity index (χ4n) is 4.64. The third kappa shape index (κ3) is 3.02. The maximum atomic E-state index is 6.21. The first-order valence-corrected chi connectivity index (χ1v) is 7.70. The summed E-state index contributed by atoms with van der Waals surface area (Å²) in [4.78, 5) is 2.73. The van der Waals surface area contributed by atoms with Crippen LogP contribution in [0.2, 0.25) is 0 Å². The van der Waals surface area contributed by atoms with Crippen LogP contribution in [-0.4, -0.2) is 30.6 Å². The standard InChI is InChI=1S/C15H28N2.ClH/c1-11-3-2-4-12(7-11)8-17-9-13-5-6-15(16)14(13)10-17;/h11-15H,2-10,16H2,1H3;1H. The largest absolute Gasteiger partial charge is 0.327 e. The van der Waals surface area contributed by atoms with Crippen LogP contribution in [0, 0.1) is 23.7 Å². The van der Waals surface area contributed by atoms with Gasteiger partial charge in [0.15, 0.2) is 0 Å². The van der Waals surface area contributed by atoms with E-state index in [1.807, 2.05) is 0 Å². The third-order valence-corrected chi connectivity index (χ3v) is 5.55. The van der Waals surface area contributed by atoms with Crippen molar-refractivity contribution in [2.45, 2.75) is 51.5 Å². The van der Waals surface area contributed by atoms with Crippen LogP contribution in [-0.2, 0) is 0 Å². The zero-order chi connectivity index (χ0) is 11.8. The topological polar surface area (TPSA) is 29.3 Å². The van der Waals surface area contributed by atoms with Crippen molar-refractivity contribution in [3.05, 3.63) is 0 Å². The molecule has 106 valence electrons. The molecule has 0 spiro atoms. The predicted molar refractivity (Wildman–Crippen MR) is 79.0 cm³/mol. The molecule has 1 heterocycles. The van der Waals surface area contributed by atoms with Crippen LogP contribution in [0.15, 0.2) is 0 Å². The molecule has 3 aliphatic rings. The summed E-state index contributed by atoms with van der Waals surface area (Å²) in [6.45, 7) is 6.45. The smallest absolute Gasteiger partial charge is 0.00826 e. The number of nitrogens with zero attached hydrogens (tertiary/aromatic N) is 1. The summed E-state index contributed by atoms with van der Waals surface area (Å²) in [6, 6.07) is 0.510. The molecule has 2 saturated carbocycles. The molecule has 0 aromatic carbocycles. The molecular weight excluding hydrogens is 244 g/mol. The Morgan fingerprint density at radius 3 is 2.67 bits per heavy atom. The van der Waals surface area contributed by atoms with E-state index in [9.17, 15) is 0 Å². The molecule has 1 aliphatic heterocycles. The first kappa shape index (κ1) is 14.6. The van der Waals surface area contributed by atoms with Gasteiger partial charge in [0.2, 0.25) is 0 Å². The number of halogens is 1. The zero-order valence-corrected chi connectivity index (χ0v) is 12.5. The average molecular weight is 273 g/mol. The van der Waals surface area contributed by atoms with Crippen molar-refractivity contribution >= 4 is 12.4 Å². The van der Waals surface area contributed by atoms with Crippen LogP contribution in [0.3, 0.4) is 0 Å². The van der Waals surface area contributed by atoms with Gasteiger partial charge in [0.05, 0.1) is 0 Å². The van der Waals surface area contributed by atoms with E-state index < -0.39 is 0 Å². The summed E-state index contributed by atoms with van der Waals surface area (Å²) in [5.41, 5.74) is 6.21. The number of rotatable bonds is 2. The molecule has 18 heavy (non-hydrogen) atoms. The Balaban J connectivity index is 0.00000120. The minimum atomic E-state index is 0. The Morgan fingerprint density at radius 2 is 1.94 bits per heavy atom. The van der Waals surface area contributed by atoms with Crippen molar-refractivity contribution in [1.29, 1.82) is 0 Å². The summed E-state index contributed by atoms with van der Waals surface area (Å²) in [5.74, 6) is 3.72. The molecule has 3 heteroatoms. The molecule has 0 aromatic heterocycles.